The Bertz CT molecular complexity index is 1800. The number of carbonyl (C=O) groups is 3. The van der Waals surface area contributed by atoms with Crippen molar-refractivity contribution in [1.29, 1.82) is 0 Å². The van der Waals surface area contributed by atoms with E-state index in [-0.39, 0.29) is 32.2 Å². The van der Waals surface area contributed by atoms with E-state index in [1.165, 1.54) is 173 Å². The average Bonchev–Trinajstić information content (AvgIpc) is 3.57. The lowest BCUT2D eigenvalue weighted by atomic mass is 10.0. The van der Waals surface area contributed by atoms with Gasteiger partial charge in [0.15, 0.2) is 12.4 Å². The second-order valence-electron chi connectivity index (χ2n) is 25.2. The quantitative estimate of drug-likeness (QED) is 0.0195. The van der Waals surface area contributed by atoms with Crippen LogP contribution in [0.2, 0.25) is 0 Å². The van der Waals surface area contributed by atoms with Gasteiger partial charge in [-0.25, -0.2) is 0 Å². The number of unbranched alkanes of at least 4 members (excludes halogenated alkanes) is 33. The molecule has 0 amide bonds. The standard InChI is InChI=1S/C78H135NO8/c1-6-8-10-12-14-16-18-20-22-24-26-28-30-32-33-34-35-36-37-38-39-40-41-42-43-45-47-49-51-53-55-57-59-61-63-65-67-69-76(81)87-74(73-86-78(77(82)83)84-71-70-79(3,4)5)72-85-75(80)68-66-64-62-60-58-56-54-52-50-48-46-44-31-29-27-25-23-21-19-17-15-13-11-9-7-2/h8,10,14,16,20,22,26,28,32-33,35-36,38-39,41-42,45,47,74,78H,6-7,9,11-13,15,17-19,21,23-25,27,29-31,34,37,40,43-44,46,48-73H2,1-5H3/b10-8-,16-14-,22-20-,28-26-,33-32-,36-35-,39-38-,42-41-,47-45-. The van der Waals surface area contributed by atoms with Crippen molar-refractivity contribution in [2.24, 2.45) is 0 Å². The second-order valence-corrected chi connectivity index (χ2v) is 25.2. The first-order valence-corrected chi connectivity index (χ1v) is 36.0. The Balaban J connectivity index is 4.14. The summed E-state index contributed by atoms with van der Waals surface area (Å²) in [6.07, 6.45) is 91.7. The van der Waals surface area contributed by atoms with Gasteiger partial charge in [0.05, 0.1) is 40.3 Å². The lowest BCUT2D eigenvalue weighted by molar-refractivity contribution is -0.870. The molecule has 0 radical (unpaired) electrons. The molecule has 87 heavy (non-hydrogen) atoms. The van der Waals surface area contributed by atoms with Crippen LogP contribution < -0.4 is 5.11 Å². The average molecular weight is 1210 g/mol. The smallest absolute Gasteiger partial charge is 0.306 e. The molecule has 0 aliphatic heterocycles. The highest BCUT2D eigenvalue weighted by molar-refractivity contribution is 5.70. The van der Waals surface area contributed by atoms with Crippen molar-refractivity contribution in [3.8, 4) is 0 Å². The molecule has 0 aromatic rings. The Labute approximate surface area is 536 Å². The summed E-state index contributed by atoms with van der Waals surface area (Å²) in [5.41, 5.74) is 0. The van der Waals surface area contributed by atoms with Gasteiger partial charge in [-0.05, 0) is 83.5 Å². The lowest BCUT2D eigenvalue weighted by Gasteiger charge is -2.26. The van der Waals surface area contributed by atoms with E-state index in [9.17, 15) is 19.5 Å². The molecule has 0 fully saturated rings. The SMILES string of the molecule is CC/C=C\C/C=C\C/C=C\C/C=C\C/C=C\C/C=C\C/C=C\C/C=C\C/C=C\CCCCCCCCCCCC(=O)OC(COC(=O)CCCCCCCCCCCCCCCCCCCCCCCCCCC)COC(OCC[N+](C)(C)C)C(=O)[O-]. The van der Waals surface area contributed by atoms with Gasteiger partial charge in [-0.1, -0.05) is 322 Å². The number of nitrogens with zero attached hydrogens (tertiary/aromatic N) is 1. The van der Waals surface area contributed by atoms with Crippen LogP contribution in [-0.4, -0.2) is 82.3 Å². The number of allylic oxidation sites excluding steroid dienone is 18. The number of aliphatic carboxylic acids is 1. The van der Waals surface area contributed by atoms with Crippen molar-refractivity contribution in [2.45, 2.75) is 322 Å². The summed E-state index contributed by atoms with van der Waals surface area (Å²) in [5.74, 6) is -2.28. The summed E-state index contributed by atoms with van der Waals surface area (Å²) in [6.45, 7) is 4.66. The number of esters is 2. The number of carboxylic acid groups (broad SMARTS) is 1. The minimum atomic E-state index is -1.63. The first kappa shape index (κ1) is 83.0. The molecule has 0 aromatic carbocycles. The third-order valence-corrected chi connectivity index (χ3v) is 15.5. The van der Waals surface area contributed by atoms with Crippen molar-refractivity contribution < 1.29 is 42.9 Å². The number of rotatable bonds is 66. The van der Waals surface area contributed by atoms with Gasteiger partial charge in [0.1, 0.15) is 13.2 Å². The largest absolute Gasteiger partial charge is 0.545 e. The number of carboxylic acids is 1. The summed E-state index contributed by atoms with van der Waals surface area (Å²) in [4.78, 5) is 37.5. The van der Waals surface area contributed by atoms with E-state index in [2.05, 4.69) is 123 Å². The van der Waals surface area contributed by atoms with Gasteiger partial charge in [-0.3, -0.25) is 9.59 Å². The van der Waals surface area contributed by atoms with Gasteiger partial charge >= 0.3 is 11.9 Å². The molecule has 0 aliphatic carbocycles. The summed E-state index contributed by atoms with van der Waals surface area (Å²) >= 11 is 0. The van der Waals surface area contributed by atoms with Crippen molar-refractivity contribution in [2.75, 3.05) is 47.5 Å². The summed E-state index contributed by atoms with van der Waals surface area (Å²) in [6, 6.07) is 0. The molecule has 0 rings (SSSR count). The highest BCUT2D eigenvalue weighted by Crippen LogP contribution is 2.18. The van der Waals surface area contributed by atoms with E-state index < -0.39 is 24.3 Å². The van der Waals surface area contributed by atoms with Crippen LogP contribution >= 0.6 is 0 Å². The van der Waals surface area contributed by atoms with E-state index in [4.69, 9.17) is 18.9 Å². The van der Waals surface area contributed by atoms with Gasteiger partial charge in [0.25, 0.3) is 0 Å². The first-order valence-electron chi connectivity index (χ1n) is 36.0. The van der Waals surface area contributed by atoms with E-state index in [1.54, 1.807) is 0 Å². The summed E-state index contributed by atoms with van der Waals surface area (Å²) in [5, 5.41) is 11.8. The molecule has 0 aromatic heterocycles. The monoisotopic (exact) mass is 1210 g/mol. The van der Waals surface area contributed by atoms with Crippen molar-refractivity contribution >= 4 is 17.9 Å². The number of carbonyl (C=O) groups excluding carboxylic acids is 3. The number of hydrogen-bond donors (Lipinski definition) is 0. The van der Waals surface area contributed by atoms with Gasteiger partial charge in [-0.2, -0.15) is 0 Å². The second kappa shape index (κ2) is 67.9. The Morgan fingerprint density at radius 2 is 0.655 bits per heavy atom. The molecule has 9 heteroatoms. The molecule has 0 spiro atoms. The number of quaternary nitrogens is 1. The van der Waals surface area contributed by atoms with Crippen LogP contribution in [0.3, 0.4) is 0 Å². The Morgan fingerprint density at radius 1 is 0.356 bits per heavy atom. The van der Waals surface area contributed by atoms with Crippen LogP contribution in [0.25, 0.3) is 0 Å². The fourth-order valence-electron chi connectivity index (χ4n) is 10.1. The predicted octanol–water partition coefficient (Wildman–Crippen LogP) is 21.2. The maximum atomic E-state index is 12.9. The zero-order valence-electron chi connectivity index (χ0n) is 57.1. The van der Waals surface area contributed by atoms with Crippen molar-refractivity contribution in [3.05, 3.63) is 109 Å². The van der Waals surface area contributed by atoms with Crippen LogP contribution in [0, 0.1) is 0 Å². The number of hydrogen-bond acceptors (Lipinski definition) is 8. The topological polar surface area (TPSA) is 111 Å². The summed E-state index contributed by atoms with van der Waals surface area (Å²) in [7, 11) is 5.93. The zero-order valence-corrected chi connectivity index (χ0v) is 57.1. The Kier molecular flexibility index (Phi) is 64.7. The van der Waals surface area contributed by atoms with E-state index in [1.807, 2.05) is 21.1 Å². The van der Waals surface area contributed by atoms with Crippen LogP contribution in [0.1, 0.15) is 309 Å². The van der Waals surface area contributed by atoms with Crippen LogP contribution in [0.15, 0.2) is 109 Å². The molecule has 0 saturated carbocycles. The molecule has 0 aliphatic rings. The van der Waals surface area contributed by atoms with Crippen LogP contribution in [-0.2, 0) is 33.3 Å². The normalized spacial score (nSPS) is 13.3. The molecule has 0 saturated heterocycles. The molecule has 0 heterocycles. The molecule has 2 atom stereocenters. The predicted molar refractivity (Wildman–Crippen MR) is 370 cm³/mol. The van der Waals surface area contributed by atoms with Gasteiger partial charge in [-0.15, -0.1) is 0 Å². The van der Waals surface area contributed by atoms with Gasteiger partial charge < -0.3 is 33.3 Å². The first-order chi connectivity index (χ1) is 42.6. The zero-order chi connectivity index (χ0) is 63.3. The Hall–Kier alpha value is -4.05. The van der Waals surface area contributed by atoms with E-state index in [0.717, 1.165) is 103 Å². The molecular weight excluding hydrogens is 1080 g/mol. The fraction of sp³-hybridized carbons (Fsp3) is 0.731. The van der Waals surface area contributed by atoms with Crippen LogP contribution in [0.5, 0.6) is 0 Å². The summed E-state index contributed by atoms with van der Waals surface area (Å²) < 4.78 is 22.8. The van der Waals surface area contributed by atoms with Gasteiger partial charge in [0, 0.05) is 12.8 Å². The fourth-order valence-corrected chi connectivity index (χ4v) is 10.1. The maximum absolute atomic E-state index is 12.9. The molecule has 0 N–H and O–H groups in total. The minimum Gasteiger partial charge on any atom is -0.545 e. The number of ether oxygens (including phenoxy) is 4. The molecule has 0 bridgehead atoms. The van der Waals surface area contributed by atoms with Crippen molar-refractivity contribution in [3.63, 3.8) is 0 Å². The third kappa shape index (κ3) is 69.3. The van der Waals surface area contributed by atoms with E-state index in [0.29, 0.717) is 23.9 Å². The number of likely N-dealkylation sites (N-methyl/N-ethyl adjacent to an activating group) is 1. The van der Waals surface area contributed by atoms with E-state index >= 15 is 0 Å². The Morgan fingerprint density at radius 3 is 0.977 bits per heavy atom. The minimum absolute atomic E-state index is 0.143. The highest BCUT2D eigenvalue weighted by atomic mass is 16.7. The third-order valence-electron chi connectivity index (χ3n) is 15.5. The highest BCUT2D eigenvalue weighted by Gasteiger charge is 2.22. The molecular formula is C78H135NO8. The molecule has 9 nitrogen and oxygen atoms in total. The molecule has 500 valence electrons. The van der Waals surface area contributed by atoms with Crippen LogP contribution in [0.4, 0.5) is 0 Å². The van der Waals surface area contributed by atoms with Crippen molar-refractivity contribution in [1.82, 2.24) is 0 Å². The maximum Gasteiger partial charge on any atom is 0.306 e. The van der Waals surface area contributed by atoms with Gasteiger partial charge in [0.2, 0.25) is 0 Å². The lowest BCUT2D eigenvalue weighted by Crippen LogP contribution is -2.44. The molecule has 2 unspecified atom stereocenters.